The molecule has 0 aliphatic carbocycles. The normalized spacial score (nSPS) is 23.0. The minimum Gasteiger partial charge on any atom is -0.372 e. The molecule has 1 N–H and O–H groups in total. The van der Waals surface area contributed by atoms with Crippen LogP contribution in [-0.2, 0) is 20.9 Å². The molecule has 0 saturated carbocycles. The van der Waals surface area contributed by atoms with Gasteiger partial charge in [-0.05, 0) is 26.0 Å². The predicted molar refractivity (Wildman–Crippen MR) is 127 cm³/mol. The SMILES string of the molecule is C[C@@H]1CN(c2ncnc3c2cnn3CCNC(=O)[C@H]2CC(=O)N(c3ccccc3)C2)C[C@@H](C)O1. The number of nitrogens with zero attached hydrogens (tertiary/aromatic N) is 6. The molecule has 10 heteroatoms. The Kier molecular flexibility index (Phi) is 6.14. The van der Waals surface area contributed by atoms with Crippen molar-refractivity contribution in [1.29, 1.82) is 0 Å². The minimum atomic E-state index is -0.360. The van der Waals surface area contributed by atoms with Gasteiger partial charge in [0, 0.05) is 38.3 Å². The molecule has 3 aromatic rings. The maximum Gasteiger partial charge on any atom is 0.227 e. The molecule has 2 saturated heterocycles. The molecule has 3 atom stereocenters. The van der Waals surface area contributed by atoms with E-state index in [-0.39, 0.29) is 36.4 Å². The van der Waals surface area contributed by atoms with E-state index in [1.807, 2.05) is 30.3 Å². The first-order valence-electron chi connectivity index (χ1n) is 11.7. The number of aromatic nitrogens is 4. The van der Waals surface area contributed by atoms with Crippen LogP contribution >= 0.6 is 0 Å². The molecule has 0 bridgehead atoms. The maximum absolute atomic E-state index is 12.7. The first-order chi connectivity index (χ1) is 16.5. The number of amides is 2. The molecule has 2 aromatic heterocycles. The fraction of sp³-hybridized carbons (Fsp3) is 0.458. The van der Waals surface area contributed by atoms with Crippen molar-refractivity contribution in [2.24, 2.45) is 5.92 Å². The highest BCUT2D eigenvalue weighted by Crippen LogP contribution is 2.26. The lowest BCUT2D eigenvalue weighted by molar-refractivity contribution is -0.126. The number of fused-ring (bicyclic) bond motifs is 1. The van der Waals surface area contributed by atoms with Crippen molar-refractivity contribution in [1.82, 2.24) is 25.1 Å². The summed E-state index contributed by atoms with van der Waals surface area (Å²) in [5, 5.41) is 8.33. The van der Waals surface area contributed by atoms with Gasteiger partial charge in [0.25, 0.3) is 0 Å². The van der Waals surface area contributed by atoms with E-state index in [2.05, 4.69) is 39.1 Å². The summed E-state index contributed by atoms with van der Waals surface area (Å²) in [7, 11) is 0. The van der Waals surface area contributed by atoms with Crippen LogP contribution in [0.25, 0.3) is 11.0 Å². The number of anilines is 2. The van der Waals surface area contributed by atoms with Crippen molar-refractivity contribution >= 4 is 34.4 Å². The topological polar surface area (TPSA) is 105 Å². The molecule has 10 nitrogen and oxygen atoms in total. The predicted octanol–water partition coefficient (Wildman–Crippen LogP) is 1.61. The van der Waals surface area contributed by atoms with Gasteiger partial charge in [0.05, 0.1) is 36.3 Å². The molecule has 2 fully saturated rings. The highest BCUT2D eigenvalue weighted by molar-refractivity contribution is 6.00. The van der Waals surface area contributed by atoms with Crippen LogP contribution in [0.2, 0.25) is 0 Å². The first-order valence-corrected chi connectivity index (χ1v) is 11.7. The number of rotatable bonds is 6. The highest BCUT2D eigenvalue weighted by Gasteiger charge is 2.35. The van der Waals surface area contributed by atoms with Crippen molar-refractivity contribution in [2.75, 3.05) is 36.0 Å². The van der Waals surface area contributed by atoms with Gasteiger partial charge in [0.1, 0.15) is 12.1 Å². The van der Waals surface area contributed by atoms with Crippen LogP contribution < -0.4 is 15.1 Å². The molecular weight excluding hydrogens is 434 g/mol. The zero-order chi connectivity index (χ0) is 23.7. The van der Waals surface area contributed by atoms with Gasteiger partial charge >= 0.3 is 0 Å². The molecule has 1 aromatic carbocycles. The Hall–Kier alpha value is -3.53. The number of hydrogen-bond acceptors (Lipinski definition) is 7. The maximum atomic E-state index is 12.7. The summed E-state index contributed by atoms with van der Waals surface area (Å²) in [6.45, 7) is 6.91. The van der Waals surface area contributed by atoms with E-state index < -0.39 is 0 Å². The van der Waals surface area contributed by atoms with Crippen LogP contribution in [0.3, 0.4) is 0 Å². The van der Waals surface area contributed by atoms with Crippen LogP contribution in [0.15, 0.2) is 42.9 Å². The van der Waals surface area contributed by atoms with E-state index in [9.17, 15) is 9.59 Å². The second-order valence-corrected chi connectivity index (χ2v) is 9.00. The van der Waals surface area contributed by atoms with Crippen LogP contribution in [0.4, 0.5) is 11.5 Å². The lowest BCUT2D eigenvalue weighted by atomic mass is 10.1. The van der Waals surface area contributed by atoms with E-state index in [0.29, 0.717) is 19.6 Å². The molecule has 2 amide bonds. The number of ether oxygens (including phenoxy) is 1. The number of benzene rings is 1. The lowest BCUT2D eigenvalue weighted by Gasteiger charge is -2.36. The molecule has 2 aliphatic heterocycles. The Bertz CT molecular complexity index is 1170. The zero-order valence-electron chi connectivity index (χ0n) is 19.4. The number of nitrogens with one attached hydrogen (secondary N) is 1. The third kappa shape index (κ3) is 4.45. The minimum absolute atomic E-state index is 0.0274. The molecule has 0 spiro atoms. The Morgan fingerprint density at radius 1 is 1.12 bits per heavy atom. The van der Waals surface area contributed by atoms with Crippen molar-refractivity contribution in [3.8, 4) is 0 Å². The van der Waals surface area contributed by atoms with Gasteiger partial charge in [0.15, 0.2) is 5.65 Å². The molecule has 5 rings (SSSR count). The summed E-state index contributed by atoms with van der Waals surface area (Å²) >= 11 is 0. The Morgan fingerprint density at radius 2 is 1.88 bits per heavy atom. The second kappa shape index (κ2) is 9.38. The number of carbonyl (C=O) groups excluding carboxylic acids is 2. The van der Waals surface area contributed by atoms with Crippen molar-refractivity contribution < 1.29 is 14.3 Å². The largest absolute Gasteiger partial charge is 0.372 e. The molecule has 4 heterocycles. The van der Waals surface area contributed by atoms with E-state index >= 15 is 0 Å². The molecule has 0 radical (unpaired) electrons. The van der Waals surface area contributed by atoms with Crippen LogP contribution in [0.5, 0.6) is 0 Å². The smallest absolute Gasteiger partial charge is 0.227 e. The van der Waals surface area contributed by atoms with E-state index in [4.69, 9.17) is 4.74 Å². The van der Waals surface area contributed by atoms with Crippen LogP contribution in [0.1, 0.15) is 20.3 Å². The molecule has 178 valence electrons. The number of hydrogen-bond donors (Lipinski definition) is 1. The lowest BCUT2D eigenvalue weighted by Crippen LogP contribution is -2.45. The third-order valence-electron chi connectivity index (χ3n) is 6.32. The fourth-order valence-electron chi connectivity index (χ4n) is 4.82. The summed E-state index contributed by atoms with van der Waals surface area (Å²) in [5.74, 6) is 0.351. The molecule has 0 unspecified atom stereocenters. The van der Waals surface area contributed by atoms with E-state index in [1.54, 1.807) is 22.1 Å². The monoisotopic (exact) mass is 463 g/mol. The molecule has 2 aliphatic rings. The number of carbonyl (C=O) groups is 2. The van der Waals surface area contributed by atoms with Gasteiger partial charge in [-0.3, -0.25) is 9.59 Å². The Balaban J connectivity index is 1.21. The summed E-state index contributed by atoms with van der Waals surface area (Å²) in [6.07, 6.45) is 3.81. The fourth-order valence-corrected chi connectivity index (χ4v) is 4.82. The van der Waals surface area contributed by atoms with Gasteiger partial charge in [0.2, 0.25) is 11.8 Å². The van der Waals surface area contributed by atoms with E-state index in [0.717, 1.165) is 35.6 Å². The summed E-state index contributed by atoms with van der Waals surface area (Å²) in [6, 6.07) is 9.45. The van der Waals surface area contributed by atoms with Crippen LogP contribution in [-0.4, -0.2) is 69.9 Å². The summed E-state index contributed by atoms with van der Waals surface area (Å²) in [5.41, 5.74) is 1.56. The van der Waals surface area contributed by atoms with Gasteiger partial charge in [-0.1, -0.05) is 18.2 Å². The third-order valence-corrected chi connectivity index (χ3v) is 6.32. The van der Waals surface area contributed by atoms with Gasteiger partial charge in [-0.15, -0.1) is 0 Å². The number of morpholine rings is 1. The first kappa shape index (κ1) is 22.3. The van der Waals surface area contributed by atoms with Gasteiger partial charge < -0.3 is 19.9 Å². The summed E-state index contributed by atoms with van der Waals surface area (Å²) in [4.78, 5) is 38.0. The summed E-state index contributed by atoms with van der Waals surface area (Å²) < 4.78 is 7.62. The quantitative estimate of drug-likeness (QED) is 0.592. The zero-order valence-corrected chi connectivity index (χ0v) is 19.4. The van der Waals surface area contributed by atoms with Gasteiger partial charge in [-0.2, -0.15) is 5.10 Å². The molecular formula is C24H29N7O3. The average Bonchev–Trinajstić information content (AvgIpc) is 3.42. The Morgan fingerprint density at radius 3 is 2.65 bits per heavy atom. The molecule has 34 heavy (non-hydrogen) atoms. The van der Waals surface area contributed by atoms with Crippen molar-refractivity contribution in [3.05, 3.63) is 42.9 Å². The standard InChI is InChI=1S/C24H29N7O3/c1-16-12-29(13-17(2)34-16)22-20-11-28-31(23(20)27-15-26-22)9-8-25-24(33)18-10-21(32)30(14-18)19-6-4-3-5-7-19/h3-7,11,15-18H,8-10,12-14H2,1-2H3,(H,25,33)/t16-,17-,18+/m1/s1. The number of para-hydroxylation sites is 1. The highest BCUT2D eigenvalue weighted by atomic mass is 16.5. The second-order valence-electron chi connectivity index (χ2n) is 9.00. The van der Waals surface area contributed by atoms with Gasteiger partial charge in [-0.25, -0.2) is 14.6 Å². The van der Waals surface area contributed by atoms with E-state index in [1.165, 1.54) is 0 Å². The Labute approximate surface area is 197 Å². The van der Waals surface area contributed by atoms with Crippen molar-refractivity contribution in [3.63, 3.8) is 0 Å². The van der Waals surface area contributed by atoms with Crippen LogP contribution in [0, 0.1) is 5.92 Å². The van der Waals surface area contributed by atoms with Crippen molar-refractivity contribution in [2.45, 2.75) is 39.0 Å². The average molecular weight is 464 g/mol.